The maximum absolute atomic E-state index is 12.8. The van der Waals surface area contributed by atoms with Gasteiger partial charge in [-0.05, 0) is 135 Å². The summed E-state index contributed by atoms with van der Waals surface area (Å²) in [7, 11) is -4.41. The second kappa shape index (κ2) is 84.1. The highest BCUT2D eigenvalue weighted by Gasteiger charge is 2.26. The highest BCUT2D eigenvalue weighted by molar-refractivity contribution is 7.47. The van der Waals surface area contributed by atoms with Gasteiger partial charge in [-0.15, -0.1) is 0 Å². The standard InChI is InChI=1S/C91H152NO8P/c1-3-5-7-9-11-13-15-17-19-21-23-25-27-29-31-33-35-37-39-41-43-44-46-48-50-52-54-56-58-60-62-64-66-68-70-72-74-76-78-80-82-84-91(94)100-89(88-99-101(95,96)98-86-85-92)87-97-90(93)83-81-79-77-75-73-71-69-67-65-63-61-59-57-55-53-51-49-47-45-42-40-38-36-34-32-30-28-26-24-22-20-18-16-14-12-10-8-6-4-2/h5-8,11-14,17-20,23-26,29-32,35-38,41,43,46,48,52,54,89H,3-4,9-10,15-16,21-22,27-28,33-34,39-40,42,44-45,47,49-51,53,55-88,92H2,1-2H3,(H,95,96)/b7-5-,8-6-,13-11-,14-12-,19-17-,20-18-,25-23-,26-24-,31-29-,32-30-,37-35-,38-36-,43-41-,48-46-,54-52-. The largest absolute Gasteiger partial charge is 0.472 e. The number of carbonyl (C=O) groups is 2. The average Bonchev–Trinajstić information content (AvgIpc) is 1.04. The summed E-state index contributed by atoms with van der Waals surface area (Å²) in [5, 5.41) is 0. The van der Waals surface area contributed by atoms with E-state index in [1.54, 1.807) is 0 Å². The molecule has 2 unspecified atom stereocenters. The maximum atomic E-state index is 12.8. The van der Waals surface area contributed by atoms with Gasteiger partial charge in [0.15, 0.2) is 6.10 Å². The molecule has 0 fully saturated rings. The van der Waals surface area contributed by atoms with Crippen LogP contribution < -0.4 is 5.73 Å². The van der Waals surface area contributed by atoms with E-state index in [0.717, 1.165) is 135 Å². The van der Waals surface area contributed by atoms with Gasteiger partial charge in [0.1, 0.15) is 6.61 Å². The molecule has 0 bridgehead atoms. The van der Waals surface area contributed by atoms with Crippen molar-refractivity contribution >= 4 is 19.8 Å². The Kier molecular flexibility index (Phi) is 80.0. The molecule has 0 aromatic heterocycles. The lowest BCUT2D eigenvalue weighted by molar-refractivity contribution is -0.161. The summed E-state index contributed by atoms with van der Waals surface area (Å²) < 4.78 is 33.3. The Morgan fingerprint density at radius 2 is 0.515 bits per heavy atom. The first-order valence-corrected chi connectivity index (χ1v) is 42.8. The molecule has 0 spiro atoms. The fourth-order valence-corrected chi connectivity index (χ4v) is 12.0. The number of allylic oxidation sites excluding steroid dienone is 30. The van der Waals surface area contributed by atoms with Crippen molar-refractivity contribution in [1.82, 2.24) is 0 Å². The Morgan fingerprint density at radius 3 is 0.762 bits per heavy atom. The first-order valence-electron chi connectivity index (χ1n) is 41.3. The van der Waals surface area contributed by atoms with Crippen LogP contribution in [-0.4, -0.2) is 49.3 Å². The molecule has 3 N–H and O–H groups in total. The first kappa shape index (κ1) is 96.1. The minimum Gasteiger partial charge on any atom is -0.462 e. The van der Waals surface area contributed by atoms with E-state index in [0.29, 0.717) is 6.42 Å². The van der Waals surface area contributed by atoms with E-state index in [4.69, 9.17) is 24.3 Å². The SMILES string of the molecule is CC/C=C\C/C=C\C/C=C\C/C=C\C/C=C\C/C=C\C/C=C\C/C=C\C/C=C\CCCCCCCCCCCCCCCC(=O)OC(COC(=O)CCCCCCCCCCCCCCCCCCCCCC/C=C\C/C=C\C/C=C\C/C=C\C/C=C\C/C=C\CC)COP(=O)(O)OCCN. The number of unbranched alkanes of at least 4 members (excludes halogenated alkanes) is 33. The zero-order valence-electron chi connectivity index (χ0n) is 64.8. The third-order valence-electron chi connectivity index (χ3n) is 17.3. The molecule has 0 aromatic carbocycles. The van der Waals surface area contributed by atoms with Crippen molar-refractivity contribution in [2.75, 3.05) is 26.4 Å². The number of phosphoric ester groups is 1. The Balaban J connectivity index is 3.85. The predicted octanol–water partition coefficient (Wildman–Crippen LogP) is 28.2. The Bertz CT molecular complexity index is 2330. The van der Waals surface area contributed by atoms with E-state index >= 15 is 0 Å². The van der Waals surface area contributed by atoms with E-state index < -0.39 is 26.5 Å². The van der Waals surface area contributed by atoms with Crippen LogP contribution in [0.1, 0.15) is 348 Å². The first-order chi connectivity index (χ1) is 49.8. The van der Waals surface area contributed by atoms with Gasteiger partial charge in [-0.3, -0.25) is 18.6 Å². The van der Waals surface area contributed by atoms with Crippen LogP contribution in [-0.2, 0) is 32.7 Å². The number of phosphoric acid groups is 1. The zero-order valence-corrected chi connectivity index (χ0v) is 65.7. The highest BCUT2D eigenvalue weighted by Crippen LogP contribution is 2.43. The Morgan fingerprint density at radius 1 is 0.297 bits per heavy atom. The van der Waals surface area contributed by atoms with E-state index in [1.165, 1.54) is 180 Å². The van der Waals surface area contributed by atoms with Crippen LogP contribution >= 0.6 is 7.82 Å². The quantitative estimate of drug-likeness (QED) is 0.0264. The third-order valence-corrected chi connectivity index (χ3v) is 18.3. The van der Waals surface area contributed by atoms with Gasteiger partial charge in [0.2, 0.25) is 0 Å². The van der Waals surface area contributed by atoms with Crippen LogP contribution in [0.4, 0.5) is 0 Å². The summed E-state index contributed by atoms with van der Waals surface area (Å²) in [6, 6.07) is 0. The van der Waals surface area contributed by atoms with Crippen LogP contribution in [0, 0.1) is 0 Å². The van der Waals surface area contributed by atoms with E-state index in [9.17, 15) is 19.0 Å². The summed E-state index contributed by atoms with van der Waals surface area (Å²) in [5.74, 6) is -0.824. The van der Waals surface area contributed by atoms with Gasteiger partial charge in [-0.2, -0.15) is 0 Å². The summed E-state index contributed by atoms with van der Waals surface area (Å²) in [4.78, 5) is 35.5. The van der Waals surface area contributed by atoms with Crippen LogP contribution in [0.15, 0.2) is 182 Å². The molecule has 574 valence electrons. The van der Waals surface area contributed by atoms with Crippen LogP contribution in [0.3, 0.4) is 0 Å². The molecule has 10 heteroatoms. The summed E-state index contributed by atoms with van der Waals surface area (Å²) in [6.45, 7) is 3.54. The van der Waals surface area contributed by atoms with Gasteiger partial charge in [0.05, 0.1) is 13.2 Å². The van der Waals surface area contributed by atoms with Crippen LogP contribution in [0.5, 0.6) is 0 Å². The Labute approximate surface area is 622 Å². The molecule has 0 aliphatic carbocycles. The van der Waals surface area contributed by atoms with Crippen molar-refractivity contribution in [1.29, 1.82) is 0 Å². The number of carbonyl (C=O) groups excluding carboxylic acids is 2. The van der Waals surface area contributed by atoms with E-state index in [1.807, 2.05) is 0 Å². The minimum atomic E-state index is -4.41. The minimum absolute atomic E-state index is 0.0480. The molecule has 2 atom stereocenters. The van der Waals surface area contributed by atoms with E-state index in [-0.39, 0.29) is 38.6 Å². The normalized spacial score (nSPS) is 13.8. The van der Waals surface area contributed by atoms with Gasteiger partial charge < -0.3 is 20.1 Å². The van der Waals surface area contributed by atoms with Gasteiger partial charge in [-0.1, -0.05) is 382 Å². The molecule has 9 nitrogen and oxygen atoms in total. The van der Waals surface area contributed by atoms with Gasteiger partial charge in [-0.25, -0.2) is 4.57 Å². The van der Waals surface area contributed by atoms with Gasteiger partial charge in [0, 0.05) is 19.4 Å². The highest BCUT2D eigenvalue weighted by atomic mass is 31.2. The number of hydrogen-bond acceptors (Lipinski definition) is 8. The number of rotatable bonds is 76. The summed E-state index contributed by atoms with van der Waals surface area (Å²) >= 11 is 0. The maximum Gasteiger partial charge on any atom is 0.472 e. The van der Waals surface area contributed by atoms with Crippen molar-refractivity contribution in [2.45, 2.75) is 354 Å². The van der Waals surface area contributed by atoms with Crippen LogP contribution in [0.2, 0.25) is 0 Å². The summed E-state index contributed by atoms with van der Waals surface area (Å²) in [5.41, 5.74) is 5.42. The lowest BCUT2D eigenvalue weighted by atomic mass is 10.0. The second-order valence-corrected chi connectivity index (χ2v) is 28.3. The van der Waals surface area contributed by atoms with Crippen molar-refractivity contribution in [3.8, 4) is 0 Å². The molecule has 0 heterocycles. The molecule has 0 radical (unpaired) electrons. The molecule has 0 saturated carbocycles. The average molecular weight is 1420 g/mol. The molecule has 0 aromatic rings. The monoisotopic (exact) mass is 1420 g/mol. The predicted molar refractivity (Wildman–Crippen MR) is 440 cm³/mol. The number of nitrogens with two attached hydrogens (primary N) is 1. The van der Waals surface area contributed by atoms with Crippen molar-refractivity contribution in [2.24, 2.45) is 5.73 Å². The molecular formula is C91H152NO8P. The zero-order chi connectivity index (χ0) is 72.9. The lowest BCUT2D eigenvalue weighted by Crippen LogP contribution is -2.29. The molecule has 0 aliphatic heterocycles. The molecule has 101 heavy (non-hydrogen) atoms. The molecule has 0 rings (SSSR count). The second-order valence-electron chi connectivity index (χ2n) is 26.9. The van der Waals surface area contributed by atoms with Crippen molar-refractivity contribution in [3.63, 3.8) is 0 Å². The molecule has 0 amide bonds. The van der Waals surface area contributed by atoms with Crippen molar-refractivity contribution < 1.29 is 37.6 Å². The third kappa shape index (κ3) is 83.9. The molecule has 0 aliphatic rings. The van der Waals surface area contributed by atoms with Crippen molar-refractivity contribution in [3.05, 3.63) is 182 Å². The van der Waals surface area contributed by atoms with Gasteiger partial charge >= 0.3 is 19.8 Å². The fraction of sp³-hybridized carbons (Fsp3) is 0.648. The van der Waals surface area contributed by atoms with Crippen LogP contribution in [0.25, 0.3) is 0 Å². The lowest BCUT2D eigenvalue weighted by Gasteiger charge is -2.19. The smallest absolute Gasteiger partial charge is 0.462 e. The molecular weight excluding hydrogens is 1270 g/mol. The van der Waals surface area contributed by atoms with E-state index in [2.05, 4.69) is 196 Å². The fourth-order valence-electron chi connectivity index (χ4n) is 11.3. The number of esters is 2. The topological polar surface area (TPSA) is 134 Å². The number of ether oxygens (including phenoxy) is 2. The molecule has 0 saturated heterocycles. The number of hydrogen-bond donors (Lipinski definition) is 2. The summed E-state index contributed by atoms with van der Waals surface area (Å²) in [6.07, 6.45) is 126. The Hall–Kier alpha value is -4.89. The van der Waals surface area contributed by atoms with Gasteiger partial charge in [0.25, 0.3) is 0 Å².